The summed E-state index contributed by atoms with van der Waals surface area (Å²) in [4.78, 5) is 0. The molecular weight excluding hydrogens is 232 g/mol. The van der Waals surface area contributed by atoms with Crippen LogP contribution in [0, 0.1) is 11.3 Å². The Morgan fingerprint density at radius 1 is 1.29 bits per heavy atom. The van der Waals surface area contributed by atoms with Gasteiger partial charge in [0.25, 0.3) is 0 Å². The quantitative estimate of drug-likeness (QED) is 0.526. The van der Waals surface area contributed by atoms with Crippen molar-refractivity contribution in [1.82, 2.24) is 0 Å². The highest BCUT2D eigenvalue weighted by atomic mass is 32.1. The number of hydrogen-bond acceptors (Lipinski definition) is 3. The van der Waals surface area contributed by atoms with Crippen molar-refractivity contribution in [2.24, 2.45) is 0 Å². The van der Waals surface area contributed by atoms with E-state index in [-0.39, 0.29) is 0 Å². The summed E-state index contributed by atoms with van der Waals surface area (Å²) < 4.78 is 1.94. The molecular formula is C13H9N2OS. The Balaban J connectivity index is 2.35. The Hall–Kier alpha value is -2.07. The van der Waals surface area contributed by atoms with Crippen LogP contribution >= 0.6 is 11.3 Å². The van der Waals surface area contributed by atoms with Gasteiger partial charge >= 0.3 is 0 Å². The SMILES string of the molecule is Nc1[c]cc[n+]([O-])c1-c1csc2ccccc12. The van der Waals surface area contributed by atoms with Crippen LogP contribution in [-0.4, -0.2) is 0 Å². The van der Waals surface area contributed by atoms with E-state index in [1.165, 1.54) is 12.3 Å². The van der Waals surface area contributed by atoms with Crippen molar-refractivity contribution >= 4 is 27.1 Å². The highest BCUT2D eigenvalue weighted by Crippen LogP contribution is 2.34. The first-order valence-corrected chi connectivity index (χ1v) is 6.01. The van der Waals surface area contributed by atoms with Gasteiger partial charge in [-0.05, 0) is 6.07 Å². The Bertz CT molecular complexity index is 670. The Kier molecular flexibility index (Phi) is 2.23. The molecule has 0 saturated carbocycles. The molecule has 0 aliphatic rings. The summed E-state index contributed by atoms with van der Waals surface area (Å²) in [6.45, 7) is 0. The maximum absolute atomic E-state index is 11.8. The molecule has 3 nitrogen and oxygen atoms in total. The number of nitrogen functional groups attached to an aromatic ring is 1. The standard InChI is InChI=1S/C13H9N2OS/c14-11-5-3-7-15(16)13(11)10-8-17-12-6-2-1-4-9(10)12/h1-4,6-8H,14H2. The minimum atomic E-state index is 0.381. The zero-order valence-corrected chi connectivity index (χ0v) is 9.70. The molecule has 3 rings (SSSR count). The van der Waals surface area contributed by atoms with E-state index in [2.05, 4.69) is 6.07 Å². The third-order valence-corrected chi connectivity index (χ3v) is 3.62. The minimum Gasteiger partial charge on any atom is -0.618 e. The van der Waals surface area contributed by atoms with Crippen molar-refractivity contribution in [3.8, 4) is 11.3 Å². The van der Waals surface area contributed by atoms with Gasteiger partial charge in [0.2, 0.25) is 5.69 Å². The van der Waals surface area contributed by atoms with Crippen LogP contribution in [0.2, 0.25) is 0 Å². The molecule has 0 saturated heterocycles. The Morgan fingerprint density at radius 2 is 2.12 bits per heavy atom. The van der Waals surface area contributed by atoms with Gasteiger partial charge in [-0.1, -0.05) is 18.2 Å². The van der Waals surface area contributed by atoms with Crippen LogP contribution in [0.1, 0.15) is 0 Å². The second kappa shape index (κ2) is 3.75. The summed E-state index contributed by atoms with van der Waals surface area (Å²) >= 11 is 1.60. The number of nitrogens with two attached hydrogens (primary N) is 1. The fourth-order valence-corrected chi connectivity index (χ4v) is 2.83. The minimum absolute atomic E-state index is 0.381. The topological polar surface area (TPSA) is 53.0 Å². The van der Waals surface area contributed by atoms with E-state index in [4.69, 9.17) is 5.73 Å². The summed E-state index contributed by atoms with van der Waals surface area (Å²) in [5, 5.41) is 14.8. The summed E-state index contributed by atoms with van der Waals surface area (Å²) in [6, 6.07) is 12.3. The molecule has 0 aliphatic carbocycles. The maximum atomic E-state index is 11.8. The molecule has 83 valence electrons. The number of benzene rings is 1. The van der Waals surface area contributed by atoms with E-state index in [0.717, 1.165) is 20.4 Å². The first-order chi connectivity index (χ1) is 8.27. The molecule has 0 amide bonds. The molecule has 4 heteroatoms. The monoisotopic (exact) mass is 241 g/mol. The van der Waals surface area contributed by atoms with Crippen molar-refractivity contribution in [2.75, 3.05) is 5.73 Å². The van der Waals surface area contributed by atoms with Gasteiger partial charge in [0.1, 0.15) is 5.69 Å². The number of pyridine rings is 1. The lowest BCUT2D eigenvalue weighted by Gasteiger charge is -2.05. The normalized spacial score (nSPS) is 10.8. The van der Waals surface area contributed by atoms with Crippen molar-refractivity contribution < 1.29 is 4.73 Å². The van der Waals surface area contributed by atoms with Gasteiger partial charge < -0.3 is 10.9 Å². The van der Waals surface area contributed by atoms with Gasteiger partial charge in [0.15, 0.2) is 6.20 Å². The summed E-state index contributed by atoms with van der Waals surface area (Å²) in [5.74, 6) is 0. The van der Waals surface area contributed by atoms with Crippen molar-refractivity contribution in [3.05, 3.63) is 53.2 Å². The lowest BCUT2D eigenvalue weighted by molar-refractivity contribution is -0.593. The van der Waals surface area contributed by atoms with E-state index in [1.807, 2.05) is 29.6 Å². The molecule has 1 radical (unpaired) electrons. The number of nitrogens with zero attached hydrogens (tertiary/aromatic N) is 1. The van der Waals surface area contributed by atoms with Crippen LogP contribution in [0.4, 0.5) is 5.69 Å². The molecule has 1 aromatic carbocycles. The number of aromatic nitrogens is 1. The van der Waals surface area contributed by atoms with Crippen LogP contribution in [-0.2, 0) is 0 Å². The van der Waals surface area contributed by atoms with E-state index in [9.17, 15) is 5.21 Å². The molecule has 2 N–H and O–H groups in total. The summed E-state index contributed by atoms with van der Waals surface area (Å²) in [6.07, 6.45) is 1.41. The molecule has 0 aliphatic heterocycles. The third kappa shape index (κ3) is 1.54. The Morgan fingerprint density at radius 3 is 2.94 bits per heavy atom. The third-order valence-electron chi connectivity index (χ3n) is 2.66. The summed E-state index contributed by atoms with van der Waals surface area (Å²) in [7, 11) is 0. The number of rotatable bonds is 1. The maximum Gasteiger partial charge on any atom is 0.249 e. The number of thiophene rings is 1. The average Bonchev–Trinajstić information content (AvgIpc) is 2.73. The van der Waals surface area contributed by atoms with Gasteiger partial charge in [-0.2, -0.15) is 4.73 Å². The highest BCUT2D eigenvalue weighted by Gasteiger charge is 2.17. The molecule has 17 heavy (non-hydrogen) atoms. The summed E-state index contributed by atoms with van der Waals surface area (Å²) in [5.41, 5.74) is 7.56. The molecule has 0 atom stereocenters. The van der Waals surface area contributed by atoms with Crippen LogP contribution < -0.4 is 10.5 Å². The van der Waals surface area contributed by atoms with Crippen molar-refractivity contribution in [2.45, 2.75) is 0 Å². The van der Waals surface area contributed by atoms with Gasteiger partial charge in [-0.15, -0.1) is 11.3 Å². The average molecular weight is 241 g/mol. The number of hydrogen-bond donors (Lipinski definition) is 1. The van der Waals surface area contributed by atoms with E-state index in [0.29, 0.717) is 11.4 Å². The fourth-order valence-electron chi connectivity index (χ4n) is 1.88. The van der Waals surface area contributed by atoms with Crippen LogP contribution in [0.15, 0.2) is 41.9 Å². The zero-order chi connectivity index (χ0) is 11.8. The van der Waals surface area contributed by atoms with Gasteiger partial charge in [0.05, 0.1) is 5.56 Å². The predicted octanol–water partition coefficient (Wildman–Crippen LogP) is 2.58. The lowest BCUT2D eigenvalue weighted by Crippen LogP contribution is -2.29. The fraction of sp³-hybridized carbons (Fsp3) is 0. The Labute approximate surface area is 102 Å². The van der Waals surface area contributed by atoms with Gasteiger partial charge in [-0.3, -0.25) is 0 Å². The molecule has 0 fully saturated rings. The number of fused-ring (bicyclic) bond motifs is 1. The van der Waals surface area contributed by atoms with Gasteiger partial charge in [0, 0.05) is 27.6 Å². The van der Waals surface area contributed by atoms with E-state index < -0.39 is 0 Å². The molecule has 0 spiro atoms. The molecule has 2 aromatic heterocycles. The van der Waals surface area contributed by atoms with Crippen LogP contribution in [0.5, 0.6) is 0 Å². The molecule has 2 heterocycles. The largest absolute Gasteiger partial charge is 0.618 e. The van der Waals surface area contributed by atoms with Crippen LogP contribution in [0.3, 0.4) is 0 Å². The first kappa shape index (κ1) is 10.1. The van der Waals surface area contributed by atoms with Crippen LogP contribution in [0.25, 0.3) is 21.3 Å². The zero-order valence-electron chi connectivity index (χ0n) is 8.88. The van der Waals surface area contributed by atoms with Gasteiger partial charge in [-0.25, -0.2) is 0 Å². The highest BCUT2D eigenvalue weighted by molar-refractivity contribution is 7.17. The smallest absolute Gasteiger partial charge is 0.249 e. The van der Waals surface area contributed by atoms with E-state index >= 15 is 0 Å². The second-order valence-electron chi connectivity index (χ2n) is 3.69. The predicted molar refractivity (Wildman–Crippen MR) is 69.5 cm³/mol. The van der Waals surface area contributed by atoms with E-state index in [1.54, 1.807) is 11.3 Å². The molecule has 3 aromatic rings. The molecule has 0 unspecified atom stereocenters. The second-order valence-corrected chi connectivity index (χ2v) is 4.60. The lowest BCUT2D eigenvalue weighted by atomic mass is 10.1. The van der Waals surface area contributed by atoms with Crippen molar-refractivity contribution in [3.63, 3.8) is 0 Å². The number of anilines is 1. The first-order valence-electron chi connectivity index (χ1n) is 5.13. The molecule has 0 bridgehead atoms. The van der Waals surface area contributed by atoms with Crippen molar-refractivity contribution in [1.29, 1.82) is 0 Å².